The van der Waals surface area contributed by atoms with Gasteiger partial charge in [-0.2, -0.15) is 0 Å². The van der Waals surface area contributed by atoms with Gasteiger partial charge in [-0.05, 0) is 51.2 Å². The highest BCUT2D eigenvalue weighted by Crippen LogP contribution is 2.19. The Morgan fingerprint density at radius 2 is 1.81 bits per heavy atom. The average molecular weight is 355 g/mol. The summed E-state index contributed by atoms with van der Waals surface area (Å²) in [4.78, 5) is 25.3. The number of carbonyl (C=O) groups is 1. The summed E-state index contributed by atoms with van der Waals surface area (Å²) in [7, 11) is 2.06. The van der Waals surface area contributed by atoms with Gasteiger partial charge in [-0.15, -0.1) is 0 Å². The number of rotatable bonds is 5. The Labute approximate surface area is 154 Å². The van der Waals surface area contributed by atoms with Gasteiger partial charge >= 0.3 is 0 Å². The maximum Gasteiger partial charge on any atom is 0.272 e. The lowest BCUT2D eigenvalue weighted by molar-refractivity contribution is 0.0658. The quantitative estimate of drug-likeness (QED) is 0.888. The first-order chi connectivity index (χ1) is 12.5. The van der Waals surface area contributed by atoms with Crippen LogP contribution >= 0.6 is 0 Å². The van der Waals surface area contributed by atoms with Gasteiger partial charge in [0.25, 0.3) is 5.91 Å². The molecule has 2 aromatic rings. The summed E-state index contributed by atoms with van der Waals surface area (Å²) in [6.45, 7) is 7.18. The molecule has 0 radical (unpaired) electrons. The van der Waals surface area contributed by atoms with Crippen LogP contribution < -0.4 is 10.1 Å². The molecule has 1 aromatic heterocycles. The monoisotopic (exact) mass is 355 g/mol. The molecule has 0 atom stereocenters. The molecular formula is C19H25N5O2. The Morgan fingerprint density at radius 1 is 1.12 bits per heavy atom. The second-order valence-electron chi connectivity index (χ2n) is 6.68. The molecule has 1 aliphatic rings. The molecule has 1 N–H and O–H groups in total. The number of anilines is 2. The smallest absolute Gasteiger partial charge is 0.272 e. The number of hydrogen-bond acceptors (Lipinski definition) is 6. The number of nitrogens with one attached hydrogen (secondary N) is 1. The minimum absolute atomic E-state index is 0.0516. The topological polar surface area (TPSA) is 70.6 Å². The lowest BCUT2D eigenvalue weighted by Crippen LogP contribution is -2.47. The molecule has 1 amide bonds. The van der Waals surface area contributed by atoms with E-state index in [1.807, 2.05) is 43.0 Å². The number of piperazine rings is 1. The molecule has 0 aliphatic carbocycles. The lowest BCUT2D eigenvalue weighted by Gasteiger charge is -2.32. The van der Waals surface area contributed by atoms with Crippen molar-refractivity contribution in [1.82, 2.24) is 19.8 Å². The van der Waals surface area contributed by atoms with Gasteiger partial charge in [0.15, 0.2) is 0 Å². The highest BCUT2D eigenvalue weighted by atomic mass is 16.5. The molecular weight excluding hydrogens is 330 g/mol. The minimum Gasteiger partial charge on any atom is -0.491 e. The van der Waals surface area contributed by atoms with E-state index in [0.717, 1.165) is 37.6 Å². The molecule has 0 spiro atoms. The number of amides is 1. The van der Waals surface area contributed by atoms with Gasteiger partial charge in [-0.3, -0.25) is 4.79 Å². The molecule has 1 aromatic carbocycles. The third kappa shape index (κ3) is 4.70. The molecule has 0 saturated carbocycles. The van der Waals surface area contributed by atoms with Crippen LogP contribution in [0.3, 0.4) is 0 Å². The third-order valence-electron chi connectivity index (χ3n) is 4.15. The third-order valence-corrected chi connectivity index (χ3v) is 4.15. The van der Waals surface area contributed by atoms with E-state index >= 15 is 0 Å². The van der Waals surface area contributed by atoms with Gasteiger partial charge in [0, 0.05) is 38.1 Å². The Kier molecular flexibility index (Phi) is 5.68. The van der Waals surface area contributed by atoms with Crippen molar-refractivity contribution in [2.45, 2.75) is 20.0 Å². The minimum atomic E-state index is -0.0516. The van der Waals surface area contributed by atoms with Gasteiger partial charge in [0.05, 0.1) is 6.10 Å². The van der Waals surface area contributed by atoms with Gasteiger partial charge in [-0.1, -0.05) is 0 Å². The fraction of sp³-hybridized carbons (Fsp3) is 0.421. The van der Waals surface area contributed by atoms with Crippen LogP contribution in [0, 0.1) is 0 Å². The van der Waals surface area contributed by atoms with E-state index in [1.54, 1.807) is 12.3 Å². The highest BCUT2D eigenvalue weighted by Gasteiger charge is 2.21. The summed E-state index contributed by atoms with van der Waals surface area (Å²) in [5.41, 5.74) is 1.25. The van der Waals surface area contributed by atoms with Crippen LogP contribution in [0.1, 0.15) is 24.3 Å². The van der Waals surface area contributed by atoms with E-state index < -0.39 is 0 Å². The normalized spacial score (nSPS) is 15.2. The van der Waals surface area contributed by atoms with Crippen molar-refractivity contribution in [3.8, 4) is 5.75 Å². The van der Waals surface area contributed by atoms with Crippen LogP contribution in [-0.2, 0) is 0 Å². The summed E-state index contributed by atoms with van der Waals surface area (Å²) >= 11 is 0. The summed E-state index contributed by atoms with van der Waals surface area (Å²) in [5.74, 6) is 1.16. The number of aromatic nitrogens is 2. The van der Waals surface area contributed by atoms with E-state index in [4.69, 9.17) is 4.74 Å². The Hall–Kier alpha value is -2.67. The zero-order valence-corrected chi connectivity index (χ0v) is 15.5. The molecule has 2 heterocycles. The number of ether oxygens (including phenoxy) is 1. The van der Waals surface area contributed by atoms with E-state index in [9.17, 15) is 4.79 Å². The second-order valence-corrected chi connectivity index (χ2v) is 6.68. The SMILES string of the molecule is CC(C)Oc1ccc(Nc2nccc(C(=O)N3CCN(C)CC3)n2)cc1. The first kappa shape index (κ1) is 18.1. The molecule has 0 bridgehead atoms. The van der Waals surface area contributed by atoms with Crippen LogP contribution in [0.2, 0.25) is 0 Å². The first-order valence-corrected chi connectivity index (χ1v) is 8.86. The molecule has 1 saturated heterocycles. The molecule has 1 fully saturated rings. The lowest BCUT2D eigenvalue weighted by atomic mass is 10.3. The van der Waals surface area contributed by atoms with Crippen molar-refractivity contribution < 1.29 is 9.53 Å². The Balaban J connectivity index is 1.66. The Morgan fingerprint density at radius 3 is 2.46 bits per heavy atom. The number of benzene rings is 1. The van der Waals surface area contributed by atoms with Gasteiger partial charge in [0.2, 0.25) is 5.95 Å². The maximum absolute atomic E-state index is 12.6. The summed E-state index contributed by atoms with van der Waals surface area (Å²) < 4.78 is 5.63. The van der Waals surface area contributed by atoms with E-state index in [0.29, 0.717) is 11.6 Å². The maximum atomic E-state index is 12.6. The Bertz CT molecular complexity index is 740. The number of likely N-dealkylation sites (N-methyl/N-ethyl adjacent to an activating group) is 1. The van der Waals surface area contributed by atoms with Crippen molar-refractivity contribution in [2.24, 2.45) is 0 Å². The predicted octanol–water partition coefficient (Wildman–Crippen LogP) is 2.40. The van der Waals surface area contributed by atoms with Crippen molar-refractivity contribution in [3.05, 3.63) is 42.2 Å². The van der Waals surface area contributed by atoms with E-state index in [-0.39, 0.29) is 12.0 Å². The summed E-state index contributed by atoms with van der Waals surface area (Å²) in [6, 6.07) is 9.24. The highest BCUT2D eigenvalue weighted by molar-refractivity contribution is 5.92. The second kappa shape index (κ2) is 8.14. The summed E-state index contributed by atoms with van der Waals surface area (Å²) in [5, 5.41) is 3.13. The molecule has 3 rings (SSSR count). The van der Waals surface area contributed by atoms with Crippen molar-refractivity contribution >= 4 is 17.5 Å². The molecule has 0 unspecified atom stereocenters. The molecule has 7 nitrogen and oxygen atoms in total. The fourth-order valence-corrected chi connectivity index (χ4v) is 2.73. The number of hydrogen-bond donors (Lipinski definition) is 1. The predicted molar refractivity (Wildman–Crippen MR) is 101 cm³/mol. The van der Waals surface area contributed by atoms with E-state index in [1.165, 1.54) is 0 Å². The average Bonchev–Trinajstić information content (AvgIpc) is 2.63. The fourth-order valence-electron chi connectivity index (χ4n) is 2.73. The number of nitrogens with zero attached hydrogens (tertiary/aromatic N) is 4. The molecule has 1 aliphatic heterocycles. The largest absolute Gasteiger partial charge is 0.491 e. The van der Waals surface area contributed by atoms with Gasteiger partial charge in [0.1, 0.15) is 11.4 Å². The van der Waals surface area contributed by atoms with Crippen LogP contribution in [0.4, 0.5) is 11.6 Å². The van der Waals surface area contributed by atoms with Gasteiger partial charge < -0.3 is 19.9 Å². The standard InChI is InChI=1S/C19H25N5O2/c1-14(2)26-16-6-4-15(5-7-16)21-19-20-9-8-17(22-19)18(25)24-12-10-23(3)11-13-24/h4-9,14H,10-13H2,1-3H3,(H,20,21,22). The van der Waals surface area contributed by atoms with E-state index in [2.05, 4.69) is 27.2 Å². The van der Waals surface area contributed by atoms with Crippen molar-refractivity contribution in [2.75, 3.05) is 38.5 Å². The zero-order valence-electron chi connectivity index (χ0n) is 15.5. The molecule has 26 heavy (non-hydrogen) atoms. The van der Waals surface area contributed by atoms with Crippen LogP contribution in [-0.4, -0.2) is 65.0 Å². The van der Waals surface area contributed by atoms with Crippen LogP contribution in [0.25, 0.3) is 0 Å². The van der Waals surface area contributed by atoms with Crippen molar-refractivity contribution in [3.63, 3.8) is 0 Å². The first-order valence-electron chi connectivity index (χ1n) is 8.86. The molecule has 138 valence electrons. The zero-order chi connectivity index (χ0) is 18.5. The van der Waals surface area contributed by atoms with Crippen LogP contribution in [0.5, 0.6) is 5.75 Å². The summed E-state index contributed by atoms with van der Waals surface area (Å²) in [6.07, 6.45) is 1.74. The van der Waals surface area contributed by atoms with Crippen LogP contribution in [0.15, 0.2) is 36.5 Å². The van der Waals surface area contributed by atoms with Crippen molar-refractivity contribution in [1.29, 1.82) is 0 Å². The molecule has 7 heteroatoms. The number of carbonyl (C=O) groups excluding carboxylic acids is 1. The van der Waals surface area contributed by atoms with Gasteiger partial charge in [-0.25, -0.2) is 9.97 Å².